The summed E-state index contributed by atoms with van der Waals surface area (Å²) in [5.74, 6) is 0.706. The first-order chi connectivity index (χ1) is 9.24. The van der Waals surface area contributed by atoms with Gasteiger partial charge in [0, 0.05) is 18.8 Å². The van der Waals surface area contributed by atoms with Crippen molar-refractivity contribution in [2.75, 3.05) is 30.4 Å². The molecule has 1 amide bonds. The lowest BCUT2D eigenvalue weighted by Crippen LogP contribution is -2.40. The van der Waals surface area contributed by atoms with Crippen molar-refractivity contribution in [1.82, 2.24) is 0 Å². The molecule has 0 radical (unpaired) electrons. The minimum atomic E-state index is -0.0175. The number of hydrogen-bond donors (Lipinski definition) is 1. The van der Waals surface area contributed by atoms with Gasteiger partial charge in [-0.2, -0.15) is 0 Å². The van der Waals surface area contributed by atoms with Gasteiger partial charge in [0.25, 0.3) is 5.91 Å². The minimum absolute atomic E-state index is 0.0175. The predicted octanol–water partition coefficient (Wildman–Crippen LogP) is 1.56. The van der Waals surface area contributed by atoms with E-state index in [2.05, 4.69) is 0 Å². The maximum absolute atomic E-state index is 12.0. The van der Waals surface area contributed by atoms with Crippen LogP contribution >= 0.6 is 0 Å². The molecule has 5 heteroatoms. The standard InChI is InChI=1S/C14H18N2O3/c15-10-3-4-13-12(8-10)16(14(17)9-19-13)6-5-11-2-1-7-18-11/h3-4,8,11H,1-2,5-7,9,15H2. The molecule has 5 nitrogen and oxygen atoms in total. The van der Waals surface area contributed by atoms with Gasteiger partial charge in [0.15, 0.2) is 6.61 Å². The molecule has 1 fully saturated rings. The number of carbonyl (C=O) groups is 1. The van der Waals surface area contributed by atoms with Gasteiger partial charge in [0.05, 0.1) is 11.8 Å². The molecule has 0 bridgehead atoms. The Bertz CT molecular complexity index is 484. The molecule has 2 N–H and O–H groups in total. The molecule has 0 aromatic heterocycles. The number of nitrogens with two attached hydrogens (primary N) is 1. The van der Waals surface area contributed by atoms with E-state index in [1.165, 1.54) is 0 Å². The number of anilines is 2. The Hall–Kier alpha value is -1.75. The molecular weight excluding hydrogens is 244 g/mol. The average molecular weight is 262 g/mol. The van der Waals surface area contributed by atoms with Crippen LogP contribution in [0.5, 0.6) is 5.75 Å². The van der Waals surface area contributed by atoms with Gasteiger partial charge in [0.1, 0.15) is 5.75 Å². The van der Waals surface area contributed by atoms with Gasteiger partial charge in [-0.1, -0.05) is 0 Å². The van der Waals surface area contributed by atoms with Crippen LogP contribution in [-0.2, 0) is 9.53 Å². The van der Waals surface area contributed by atoms with Gasteiger partial charge in [0.2, 0.25) is 0 Å². The van der Waals surface area contributed by atoms with Crippen molar-refractivity contribution in [1.29, 1.82) is 0 Å². The topological polar surface area (TPSA) is 64.8 Å². The molecule has 0 saturated carbocycles. The molecule has 1 atom stereocenters. The lowest BCUT2D eigenvalue weighted by Gasteiger charge is -2.30. The van der Waals surface area contributed by atoms with Crippen molar-refractivity contribution in [2.45, 2.75) is 25.4 Å². The van der Waals surface area contributed by atoms with E-state index in [9.17, 15) is 4.79 Å². The number of carbonyl (C=O) groups excluding carboxylic acids is 1. The van der Waals surface area contributed by atoms with Crippen molar-refractivity contribution >= 4 is 17.3 Å². The van der Waals surface area contributed by atoms with Crippen LogP contribution in [0.25, 0.3) is 0 Å². The van der Waals surface area contributed by atoms with E-state index in [0.717, 1.165) is 37.3 Å². The third-order valence-corrected chi connectivity index (χ3v) is 3.62. The summed E-state index contributed by atoms with van der Waals surface area (Å²) in [6, 6.07) is 5.39. The lowest BCUT2D eigenvalue weighted by atomic mass is 10.1. The molecule has 19 heavy (non-hydrogen) atoms. The Morgan fingerprint density at radius 1 is 1.42 bits per heavy atom. The van der Waals surface area contributed by atoms with E-state index in [4.69, 9.17) is 15.2 Å². The highest BCUT2D eigenvalue weighted by atomic mass is 16.5. The fraction of sp³-hybridized carbons (Fsp3) is 0.500. The quantitative estimate of drug-likeness (QED) is 0.840. The zero-order chi connectivity index (χ0) is 13.2. The molecule has 0 spiro atoms. The summed E-state index contributed by atoms with van der Waals surface area (Å²) < 4.78 is 11.0. The number of nitrogens with zero attached hydrogens (tertiary/aromatic N) is 1. The average Bonchev–Trinajstić information content (AvgIpc) is 2.91. The van der Waals surface area contributed by atoms with Crippen molar-refractivity contribution in [3.63, 3.8) is 0 Å². The molecule has 2 heterocycles. The van der Waals surface area contributed by atoms with Gasteiger partial charge in [-0.25, -0.2) is 0 Å². The third-order valence-electron chi connectivity index (χ3n) is 3.62. The van der Waals surface area contributed by atoms with E-state index in [1.807, 2.05) is 6.07 Å². The third kappa shape index (κ3) is 2.51. The van der Waals surface area contributed by atoms with Crippen molar-refractivity contribution < 1.29 is 14.3 Å². The maximum Gasteiger partial charge on any atom is 0.265 e. The molecule has 3 rings (SSSR count). The summed E-state index contributed by atoms with van der Waals surface area (Å²) in [6.45, 7) is 1.59. The smallest absolute Gasteiger partial charge is 0.265 e. The van der Waals surface area contributed by atoms with E-state index in [0.29, 0.717) is 12.2 Å². The first-order valence-electron chi connectivity index (χ1n) is 6.68. The Kier molecular flexibility index (Phi) is 3.29. The van der Waals surface area contributed by atoms with Crippen molar-refractivity contribution in [3.05, 3.63) is 18.2 Å². The van der Waals surface area contributed by atoms with Crippen LogP contribution in [0.1, 0.15) is 19.3 Å². The summed E-state index contributed by atoms with van der Waals surface area (Å²) in [7, 11) is 0. The van der Waals surface area contributed by atoms with E-state index in [-0.39, 0.29) is 18.6 Å². The molecule has 2 aliphatic heterocycles. The summed E-state index contributed by atoms with van der Waals surface area (Å²) >= 11 is 0. The normalized spacial score (nSPS) is 22.2. The molecule has 1 unspecified atom stereocenters. The first kappa shape index (κ1) is 12.3. The van der Waals surface area contributed by atoms with Gasteiger partial charge in [-0.3, -0.25) is 4.79 Å². The summed E-state index contributed by atoms with van der Waals surface area (Å²) in [6.07, 6.45) is 3.34. The van der Waals surface area contributed by atoms with Crippen LogP contribution < -0.4 is 15.4 Å². The van der Waals surface area contributed by atoms with E-state index >= 15 is 0 Å². The molecular formula is C14H18N2O3. The number of ether oxygens (including phenoxy) is 2. The number of rotatable bonds is 3. The molecule has 2 aliphatic rings. The van der Waals surface area contributed by atoms with Crippen LogP contribution in [0, 0.1) is 0 Å². The van der Waals surface area contributed by atoms with Crippen LogP contribution in [0.4, 0.5) is 11.4 Å². The molecule has 1 aromatic rings. The highest BCUT2D eigenvalue weighted by molar-refractivity contribution is 5.98. The SMILES string of the molecule is Nc1ccc2c(c1)N(CCC1CCCO1)C(=O)CO2. The second-order valence-corrected chi connectivity index (χ2v) is 4.98. The second kappa shape index (κ2) is 5.09. The number of benzene rings is 1. The minimum Gasteiger partial charge on any atom is -0.482 e. The Balaban J connectivity index is 1.76. The number of nitrogen functional groups attached to an aromatic ring is 1. The monoisotopic (exact) mass is 262 g/mol. The summed E-state index contributed by atoms with van der Waals surface area (Å²) in [5.41, 5.74) is 7.20. The zero-order valence-electron chi connectivity index (χ0n) is 10.8. The van der Waals surface area contributed by atoms with Crippen LogP contribution in [0.3, 0.4) is 0 Å². The van der Waals surface area contributed by atoms with Gasteiger partial charge in [-0.05, 0) is 37.5 Å². The fourth-order valence-electron chi connectivity index (χ4n) is 2.61. The molecule has 1 saturated heterocycles. The Morgan fingerprint density at radius 2 is 2.32 bits per heavy atom. The predicted molar refractivity (Wildman–Crippen MR) is 72.3 cm³/mol. The van der Waals surface area contributed by atoms with Gasteiger partial charge < -0.3 is 20.1 Å². The fourth-order valence-corrected chi connectivity index (χ4v) is 2.61. The highest BCUT2D eigenvalue weighted by Gasteiger charge is 2.27. The number of hydrogen-bond acceptors (Lipinski definition) is 4. The largest absolute Gasteiger partial charge is 0.482 e. The zero-order valence-corrected chi connectivity index (χ0v) is 10.8. The molecule has 102 valence electrons. The summed E-state index contributed by atoms with van der Waals surface area (Å²) in [5, 5.41) is 0. The number of fused-ring (bicyclic) bond motifs is 1. The van der Waals surface area contributed by atoms with Crippen molar-refractivity contribution in [2.24, 2.45) is 0 Å². The molecule has 1 aromatic carbocycles. The van der Waals surface area contributed by atoms with E-state index in [1.54, 1.807) is 17.0 Å². The maximum atomic E-state index is 12.0. The van der Waals surface area contributed by atoms with E-state index < -0.39 is 0 Å². The van der Waals surface area contributed by atoms with Gasteiger partial charge >= 0.3 is 0 Å². The highest BCUT2D eigenvalue weighted by Crippen LogP contribution is 2.34. The molecule has 0 aliphatic carbocycles. The lowest BCUT2D eigenvalue weighted by molar-refractivity contribution is -0.121. The Labute approximate surface area is 112 Å². The first-order valence-corrected chi connectivity index (χ1v) is 6.68. The Morgan fingerprint density at radius 3 is 3.11 bits per heavy atom. The van der Waals surface area contributed by atoms with Gasteiger partial charge in [-0.15, -0.1) is 0 Å². The number of amides is 1. The van der Waals surface area contributed by atoms with Crippen LogP contribution in [0.15, 0.2) is 18.2 Å². The summed E-state index contributed by atoms with van der Waals surface area (Å²) in [4.78, 5) is 13.8. The van der Waals surface area contributed by atoms with Crippen LogP contribution in [0.2, 0.25) is 0 Å². The van der Waals surface area contributed by atoms with Crippen LogP contribution in [-0.4, -0.2) is 31.8 Å². The second-order valence-electron chi connectivity index (χ2n) is 4.98. The van der Waals surface area contributed by atoms with Crippen molar-refractivity contribution in [3.8, 4) is 5.75 Å².